The molecule has 0 bridgehead atoms. The first-order valence-corrected chi connectivity index (χ1v) is 8.37. The van der Waals surface area contributed by atoms with Gasteiger partial charge in [-0.1, -0.05) is 17.7 Å². The SMILES string of the molecule is Cc1ccc(SC[C@H](O)CCC(=O)N2CCOCC2)cc1. The van der Waals surface area contributed by atoms with E-state index in [1.807, 2.05) is 4.90 Å². The van der Waals surface area contributed by atoms with E-state index in [-0.39, 0.29) is 5.91 Å². The molecule has 1 saturated heterocycles. The van der Waals surface area contributed by atoms with Crippen LogP contribution in [0.25, 0.3) is 0 Å². The minimum absolute atomic E-state index is 0.123. The Morgan fingerprint density at radius 1 is 1.33 bits per heavy atom. The summed E-state index contributed by atoms with van der Waals surface area (Å²) in [5.41, 5.74) is 1.23. The van der Waals surface area contributed by atoms with Gasteiger partial charge in [0.25, 0.3) is 0 Å². The van der Waals surface area contributed by atoms with Crippen LogP contribution in [-0.4, -0.2) is 54.1 Å². The molecule has 0 unspecified atom stereocenters. The van der Waals surface area contributed by atoms with Gasteiger partial charge in [-0.2, -0.15) is 0 Å². The molecule has 1 aromatic rings. The molecule has 0 radical (unpaired) electrons. The predicted molar refractivity (Wildman–Crippen MR) is 84.5 cm³/mol. The molecule has 0 aromatic heterocycles. The lowest BCUT2D eigenvalue weighted by atomic mass is 10.2. The van der Waals surface area contributed by atoms with Crippen LogP contribution in [-0.2, 0) is 9.53 Å². The van der Waals surface area contributed by atoms with Crippen LogP contribution in [0.2, 0.25) is 0 Å². The highest BCUT2D eigenvalue weighted by Crippen LogP contribution is 2.20. The van der Waals surface area contributed by atoms with Crippen LogP contribution in [0.15, 0.2) is 29.2 Å². The number of ether oxygens (including phenoxy) is 1. The molecule has 0 aliphatic carbocycles. The number of aliphatic hydroxyl groups excluding tert-OH is 1. The maximum Gasteiger partial charge on any atom is 0.222 e. The molecule has 1 heterocycles. The van der Waals surface area contributed by atoms with Crippen LogP contribution < -0.4 is 0 Å². The fraction of sp³-hybridized carbons (Fsp3) is 0.562. The fourth-order valence-electron chi connectivity index (χ4n) is 2.17. The van der Waals surface area contributed by atoms with Gasteiger partial charge < -0.3 is 14.7 Å². The lowest BCUT2D eigenvalue weighted by Gasteiger charge is -2.27. The normalized spacial score (nSPS) is 16.8. The molecule has 1 aliphatic heterocycles. The van der Waals surface area contributed by atoms with E-state index in [1.165, 1.54) is 5.56 Å². The molecule has 1 fully saturated rings. The van der Waals surface area contributed by atoms with E-state index in [0.717, 1.165) is 4.90 Å². The van der Waals surface area contributed by atoms with Crippen molar-refractivity contribution in [3.05, 3.63) is 29.8 Å². The molecule has 5 heteroatoms. The number of carbonyl (C=O) groups is 1. The maximum atomic E-state index is 12.0. The van der Waals surface area contributed by atoms with Crippen LogP contribution >= 0.6 is 11.8 Å². The third-order valence-corrected chi connectivity index (χ3v) is 4.68. The summed E-state index contributed by atoms with van der Waals surface area (Å²) in [4.78, 5) is 14.9. The number of aliphatic hydroxyl groups is 1. The van der Waals surface area contributed by atoms with E-state index in [1.54, 1.807) is 11.8 Å². The average Bonchev–Trinajstić information content (AvgIpc) is 2.53. The highest BCUT2D eigenvalue weighted by molar-refractivity contribution is 7.99. The highest BCUT2D eigenvalue weighted by Gasteiger charge is 2.17. The van der Waals surface area contributed by atoms with Crippen molar-refractivity contribution in [2.24, 2.45) is 0 Å². The van der Waals surface area contributed by atoms with Gasteiger partial charge in [-0.3, -0.25) is 4.79 Å². The summed E-state index contributed by atoms with van der Waals surface area (Å²) < 4.78 is 5.22. The van der Waals surface area contributed by atoms with Crippen molar-refractivity contribution in [1.82, 2.24) is 4.90 Å². The molecule has 2 rings (SSSR count). The fourth-order valence-corrected chi connectivity index (χ4v) is 3.05. The number of amides is 1. The van der Waals surface area contributed by atoms with Gasteiger partial charge in [0.05, 0.1) is 19.3 Å². The summed E-state index contributed by atoms with van der Waals surface area (Å²) in [5, 5.41) is 10.00. The summed E-state index contributed by atoms with van der Waals surface area (Å²) in [6.07, 6.45) is 0.492. The third-order valence-electron chi connectivity index (χ3n) is 3.52. The van der Waals surface area contributed by atoms with Crippen molar-refractivity contribution in [1.29, 1.82) is 0 Å². The Bertz CT molecular complexity index is 443. The standard InChI is InChI=1S/C16H23NO3S/c1-13-2-5-15(6-3-13)21-12-14(18)4-7-16(19)17-8-10-20-11-9-17/h2-3,5-6,14,18H,4,7-12H2,1H3/t14-/m1/s1. The molecule has 1 aromatic carbocycles. The smallest absolute Gasteiger partial charge is 0.222 e. The molecule has 0 saturated carbocycles. The molecule has 1 N–H and O–H groups in total. The monoisotopic (exact) mass is 309 g/mol. The van der Waals surface area contributed by atoms with Crippen LogP contribution in [0.1, 0.15) is 18.4 Å². The maximum absolute atomic E-state index is 12.0. The molecule has 1 atom stereocenters. The number of hydrogen-bond acceptors (Lipinski definition) is 4. The Hall–Kier alpha value is -1.04. The number of hydrogen-bond donors (Lipinski definition) is 1. The van der Waals surface area contributed by atoms with E-state index in [4.69, 9.17) is 4.74 Å². The molecule has 1 amide bonds. The van der Waals surface area contributed by atoms with E-state index in [2.05, 4.69) is 31.2 Å². The number of benzene rings is 1. The van der Waals surface area contributed by atoms with Gasteiger partial charge in [-0.05, 0) is 25.5 Å². The van der Waals surface area contributed by atoms with Crippen molar-refractivity contribution in [2.75, 3.05) is 32.1 Å². The zero-order valence-corrected chi connectivity index (χ0v) is 13.3. The Labute approximate surface area is 130 Å². The average molecular weight is 309 g/mol. The molecule has 0 spiro atoms. The van der Waals surface area contributed by atoms with E-state index >= 15 is 0 Å². The summed E-state index contributed by atoms with van der Waals surface area (Å²) in [7, 11) is 0. The van der Waals surface area contributed by atoms with E-state index in [0.29, 0.717) is 44.9 Å². The number of morpholine rings is 1. The zero-order valence-electron chi connectivity index (χ0n) is 12.5. The van der Waals surface area contributed by atoms with Crippen LogP contribution in [0.3, 0.4) is 0 Å². The van der Waals surface area contributed by atoms with Gasteiger partial charge in [0.1, 0.15) is 0 Å². The zero-order chi connectivity index (χ0) is 15.1. The molecule has 116 valence electrons. The number of aryl methyl sites for hydroxylation is 1. The van der Waals surface area contributed by atoms with E-state index < -0.39 is 6.10 Å². The van der Waals surface area contributed by atoms with Crippen LogP contribution in [0.5, 0.6) is 0 Å². The molecule has 21 heavy (non-hydrogen) atoms. The molecular formula is C16H23NO3S. The number of carbonyl (C=O) groups excluding carboxylic acids is 1. The first-order chi connectivity index (χ1) is 10.1. The lowest BCUT2D eigenvalue weighted by molar-refractivity contribution is -0.135. The second-order valence-electron chi connectivity index (χ2n) is 5.31. The summed E-state index contributed by atoms with van der Waals surface area (Å²) in [6, 6.07) is 8.25. The highest BCUT2D eigenvalue weighted by atomic mass is 32.2. The van der Waals surface area contributed by atoms with Gasteiger partial charge in [0, 0.05) is 30.2 Å². The lowest BCUT2D eigenvalue weighted by Crippen LogP contribution is -2.40. The summed E-state index contributed by atoms with van der Waals surface area (Å²) >= 11 is 1.63. The topological polar surface area (TPSA) is 49.8 Å². The quantitative estimate of drug-likeness (QED) is 0.818. The summed E-state index contributed by atoms with van der Waals surface area (Å²) in [5.74, 6) is 0.747. The first kappa shape index (κ1) is 16.3. The first-order valence-electron chi connectivity index (χ1n) is 7.38. The van der Waals surface area contributed by atoms with Gasteiger partial charge in [-0.25, -0.2) is 0 Å². The molecular weight excluding hydrogens is 286 g/mol. The Balaban J connectivity index is 1.65. The van der Waals surface area contributed by atoms with Gasteiger partial charge in [0.15, 0.2) is 0 Å². The van der Waals surface area contributed by atoms with Gasteiger partial charge in [-0.15, -0.1) is 11.8 Å². The van der Waals surface area contributed by atoms with Crippen molar-refractivity contribution >= 4 is 17.7 Å². The summed E-state index contributed by atoms with van der Waals surface area (Å²) in [6.45, 7) is 4.65. The predicted octanol–water partition coefficient (Wildman–Crippen LogP) is 2.09. The Morgan fingerprint density at radius 3 is 2.67 bits per heavy atom. The van der Waals surface area contributed by atoms with Crippen LogP contribution in [0.4, 0.5) is 0 Å². The van der Waals surface area contributed by atoms with Crippen molar-refractivity contribution in [3.63, 3.8) is 0 Å². The number of rotatable bonds is 6. The van der Waals surface area contributed by atoms with Crippen molar-refractivity contribution in [2.45, 2.75) is 30.8 Å². The number of nitrogens with zero attached hydrogens (tertiary/aromatic N) is 1. The Kier molecular flexibility index (Phi) is 6.54. The van der Waals surface area contributed by atoms with Crippen molar-refractivity contribution < 1.29 is 14.6 Å². The second-order valence-corrected chi connectivity index (χ2v) is 6.40. The van der Waals surface area contributed by atoms with Gasteiger partial charge >= 0.3 is 0 Å². The molecule has 4 nitrogen and oxygen atoms in total. The molecule has 1 aliphatic rings. The second kappa shape index (κ2) is 8.41. The van der Waals surface area contributed by atoms with Crippen LogP contribution in [0, 0.1) is 6.92 Å². The largest absolute Gasteiger partial charge is 0.392 e. The minimum atomic E-state index is -0.443. The number of thioether (sulfide) groups is 1. The van der Waals surface area contributed by atoms with E-state index in [9.17, 15) is 9.90 Å². The van der Waals surface area contributed by atoms with Crippen molar-refractivity contribution in [3.8, 4) is 0 Å². The Morgan fingerprint density at radius 2 is 2.00 bits per heavy atom. The van der Waals surface area contributed by atoms with Gasteiger partial charge in [0.2, 0.25) is 5.91 Å². The third kappa shape index (κ3) is 5.69. The minimum Gasteiger partial charge on any atom is -0.392 e.